The van der Waals surface area contributed by atoms with Crippen LogP contribution in [0.5, 0.6) is 0 Å². The molecule has 1 N–H and O–H groups in total. The highest BCUT2D eigenvalue weighted by molar-refractivity contribution is 7.16. The predicted molar refractivity (Wildman–Crippen MR) is 73.9 cm³/mol. The number of thiophene rings is 1. The first-order chi connectivity index (χ1) is 9.15. The summed E-state index contributed by atoms with van der Waals surface area (Å²) in [4.78, 5) is 22.8. The van der Waals surface area contributed by atoms with E-state index in [9.17, 15) is 14.9 Å². The molecule has 1 aromatic heterocycles. The van der Waals surface area contributed by atoms with Crippen molar-refractivity contribution in [1.29, 1.82) is 0 Å². The van der Waals surface area contributed by atoms with E-state index in [-0.39, 0.29) is 10.9 Å². The highest BCUT2D eigenvalue weighted by Gasteiger charge is 2.23. The normalized spacial score (nSPS) is 15.4. The Hall–Kier alpha value is -2.47. The van der Waals surface area contributed by atoms with Crippen molar-refractivity contribution >= 4 is 39.6 Å². The van der Waals surface area contributed by atoms with Crippen LogP contribution in [0.2, 0.25) is 0 Å². The fourth-order valence-electron chi connectivity index (χ4n) is 1.94. The molecule has 3 rings (SSSR count). The number of para-hydroxylation sites is 1. The number of rotatable bonds is 2. The van der Waals surface area contributed by atoms with E-state index in [0.717, 1.165) is 22.6 Å². The van der Waals surface area contributed by atoms with Crippen LogP contribution in [0.1, 0.15) is 10.4 Å². The second-order valence-corrected chi connectivity index (χ2v) is 5.08. The molecule has 19 heavy (non-hydrogen) atoms. The van der Waals surface area contributed by atoms with Gasteiger partial charge in [-0.05, 0) is 18.2 Å². The van der Waals surface area contributed by atoms with Crippen LogP contribution in [0.3, 0.4) is 0 Å². The third-order valence-corrected chi connectivity index (χ3v) is 3.77. The van der Waals surface area contributed by atoms with Crippen molar-refractivity contribution in [3.05, 3.63) is 57.0 Å². The molecule has 5 nitrogen and oxygen atoms in total. The number of hydrogen-bond donors (Lipinski definition) is 1. The first-order valence-electron chi connectivity index (χ1n) is 5.52. The molecular weight excluding hydrogens is 264 g/mol. The van der Waals surface area contributed by atoms with E-state index in [1.54, 1.807) is 12.1 Å². The second kappa shape index (κ2) is 4.33. The van der Waals surface area contributed by atoms with Crippen LogP contribution < -0.4 is 5.32 Å². The molecule has 6 heteroatoms. The number of amides is 1. The number of hydrogen-bond acceptors (Lipinski definition) is 4. The molecule has 2 heterocycles. The van der Waals surface area contributed by atoms with Crippen molar-refractivity contribution in [2.75, 3.05) is 5.32 Å². The SMILES string of the molecule is O=C1Nc2ccccc2/C1=C\c1ccc([N+](=O)[O-])s1. The summed E-state index contributed by atoms with van der Waals surface area (Å²) in [6.07, 6.45) is 1.68. The number of carbonyl (C=O) groups excluding carboxylic acids is 1. The zero-order chi connectivity index (χ0) is 13.4. The van der Waals surface area contributed by atoms with Crippen molar-refractivity contribution in [2.45, 2.75) is 0 Å². The van der Waals surface area contributed by atoms with Crippen LogP contribution in [-0.2, 0) is 4.79 Å². The van der Waals surface area contributed by atoms with Crippen LogP contribution in [0.15, 0.2) is 36.4 Å². The Morgan fingerprint density at radius 2 is 2.00 bits per heavy atom. The molecule has 0 saturated carbocycles. The van der Waals surface area contributed by atoms with Gasteiger partial charge in [-0.15, -0.1) is 0 Å². The fourth-order valence-corrected chi connectivity index (χ4v) is 2.71. The van der Waals surface area contributed by atoms with Gasteiger partial charge in [-0.1, -0.05) is 29.5 Å². The van der Waals surface area contributed by atoms with E-state index in [1.807, 2.05) is 24.3 Å². The maximum atomic E-state index is 11.9. The van der Waals surface area contributed by atoms with Gasteiger partial charge in [0.25, 0.3) is 5.91 Å². The molecule has 0 fully saturated rings. The third kappa shape index (κ3) is 2.02. The predicted octanol–water partition coefficient (Wildman–Crippen LogP) is 3.15. The molecule has 1 amide bonds. The largest absolute Gasteiger partial charge is 0.324 e. The maximum absolute atomic E-state index is 11.9. The van der Waals surface area contributed by atoms with Crippen molar-refractivity contribution in [3.8, 4) is 0 Å². The molecule has 2 aromatic rings. The van der Waals surface area contributed by atoms with Gasteiger partial charge in [0.15, 0.2) is 0 Å². The van der Waals surface area contributed by atoms with Gasteiger partial charge >= 0.3 is 5.00 Å². The smallest absolute Gasteiger partial charge is 0.321 e. The first kappa shape index (κ1) is 11.6. The monoisotopic (exact) mass is 272 g/mol. The van der Waals surface area contributed by atoms with Gasteiger partial charge in [-0.25, -0.2) is 0 Å². The topological polar surface area (TPSA) is 72.2 Å². The van der Waals surface area contributed by atoms with E-state index < -0.39 is 4.92 Å². The lowest BCUT2D eigenvalue weighted by molar-refractivity contribution is -0.380. The summed E-state index contributed by atoms with van der Waals surface area (Å²) in [5, 5.41) is 13.5. The van der Waals surface area contributed by atoms with Crippen molar-refractivity contribution in [1.82, 2.24) is 0 Å². The minimum atomic E-state index is -0.435. The third-order valence-electron chi connectivity index (χ3n) is 2.79. The molecule has 94 valence electrons. The molecule has 1 aromatic carbocycles. The molecule has 0 atom stereocenters. The molecular formula is C13H8N2O3S. The van der Waals surface area contributed by atoms with Gasteiger partial charge in [-0.2, -0.15) is 0 Å². The number of nitro groups is 1. The molecule has 0 aliphatic carbocycles. The summed E-state index contributed by atoms with van der Waals surface area (Å²) in [7, 11) is 0. The average molecular weight is 272 g/mol. The van der Waals surface area contributed by atoms with Crippen molar-refractivity contribution in [2.24, 2.45) is 0 Å². The average Bonchev–Trinajstić information content (AvgIpc) is 2.96. The molecule has 1 aliphatic rings. The molecule has 0 bridgehead atoms. The summed E-state index contributed by atoms with van der Waals surface area (Å²) in [5.74, 6) is -0.183. The van der Waals surface area contributed by atoms with E-state index in [0.29, 0.717) is 10.5 Å². The van der Waals surface area contributed by atoms with E-state index in [1.165, 1.54) is 6.07 Å². The molecule has 0 unspecified atom stereocenters. The summed E-state index contributed by atoms with van der Waals surface area (Å²) in [6, 6.07) is 10.5. The summed E-state index contributed by atoms with van der Waals surface area (Å²) in [5.41, 5.74) is 2.13. The second-order valence-electron chi connectivity index (χ2n) is 3.99. The molecule has 0 saturated heterocycles. The number of fused-ring (bicyclic) bond motifs is 1. The van der Waals surface area contributed by atoms with Gasteiger partial charge in [0, 0.05) is 22.2 Å². The highest BCUT2D eigenvalue weighted by atomic mass is 32.1. The van der Waals surface area contributed by atoms with Crippen LogP contribution in [-0.4, -0.2) is 10.8 Å². The number of nitrogens with zero attached hydrogens (tertiary/aromatic N) is 1. The Bertz CT molecular complexity index is 718. The van der Waals surface area contributed by atoms with Gasteiger partial charge in [-0.3, -0.25) is 14.9 Å². The quantitative estimate of drug-likeness (QED) is 0.518. The number of benzene rings is 1. The maximum Gasteiger partial charge on any atom is 0.324 e. The lowest BCUT2D eigenvalue weighted by Gasteiger charge is -1.95. The lowest BCUT2D eigenvalue weighted by Crippen LogP contribution is -2.03. The Labute approximate surface area is 112 Å². The fraction of sp³-hybridized carbons (Fsp3) is 0. The van der Waals surface area contributed by atoms with Crippen LogP contribution in [0.25, 0.3) is 11.6 Å². The first-order valence-corrected chi connectivity index (χ1v) is 6.33. The Morgan fingerprint density at radius 3 is 2.74 bits per heavy atom. The lowest BCUT2D eigenvalue weighted by atomic mass is 10.1. The zero-order valence-electron chi connectivity index (χ0n) is 9.62. The Kier molecular flexibility index (Phi) is 2.64. The van der Waals surface area contributed by atoms with Crippen LogP contribution in [0.4, 0.5) is 10.7 Å². The standard InChI is InChI=1S/C13H8N2O3S/c16-13-10(9-3-1-2-4-11(9)14-13)7-8-5-6-12(19-8)15(17)18/h1-7H,(H,14,16)/b10-7+. The summed E-state index contributed by atoms with van der Waals surface area (Å²) < 4.78 is 0. The minimum Gasteiger partial charge on any atom is -0.321 e. The van der Waals surface area contributed by atoms with Crippen molar-refractivity contribution in [3.63, 3.8) is 0 Å². The summed E-state index contributed by atoms with van der Waals surface area (Å²) >= 11 is 1.05. The highest BCUT2D eigenvalue weighted by Crippen LogP contribution is 2.34. The van der Waals surface area contributed by atoms with E-state index in [2.05, 4.69) is 5.32 Å². The zero-order valence-corrected chi connectivity index (χ0v) is 10.4. The van der Waals surface area contributed by atoms with Gasteiger partial charge in [0.2, 0.25) is 0 Å². The number of carbonyl (C=O) groups is 1. The van der Waals surface area contributed by atoms with Crippen LogP contribution >= 0.6 is 11.3 Å². The van der Waals surface area contributed by atoms with Crippen molar-refractivity contribution < 1.29 is 9.72 Å². The van der Waals surface area contributed by atoms with Gasteiger partial charge in [0.05, 0.1) is 10.5 Å². The summed E-state index contributed by atoms with van der Waals surface area (Å²) in [6.45, 7) is 0. The van der Waals surface area contributed by atoms with E-state index in [4.69, 9.17) is 0 Å². The molecule has 0 radical (unpaired) electrons. The Morgan fingerprint density at radius 1 is 1.21 bits per heavy atom. The van der Waals surface area contributed by atoms with Gasteiger partial charge < -0.3 is 5.32 Å². The van der Waals surface area contributed by atoms with Crippen LogP contribution in [0, 0.1) is 10.1 Å². The van der Waals surface area contributed by atoms with E-state index >= 15 is 0 Å². The molecule has 0 spiro atoms. The van der Waals surface area contributed by atoms with Gasteiger partial charge in [0.1, 0.15) is 0 Å². The number of anilines is 1. The molecule has 1 aliphatic heterocycles. The number of nitrogens with one attached hydrogen (secondary N) is 1. The Balaban J connectivity index is 2.03. The minimum absolute atomic E-state index is 0.0681.